The Hall–Kier alpha value is -2.14. The second-order valence-electron chi connectivity index (χ2n) is 4.55. The third-order valence-corrected chi connectivity index (χ3v) is 4.28. The second kappa shape index (κ2) is 5.00. The molecule has 0 bridgehead atoms. The van der Waals surface area contributed by atoms with Crippen molar-refractivity contribution in [1.82, 2.24) is 0 Å². The van der Waals surface area contributed by atoms with E-state index >= 15 is 0 Å². The lowest BCUT2D eigenvalue weighted by atomic mass is 10.1. The van der Waals surface area contributed by atoms with Crippen molar-refractivity contribution in [2.45, 2.75) is 6.18 Å². The monoisotopic (exact) mass is 306 g/mol. The van der Waals surface area contributed by atoms with Gasteiger partial charge in [-0.1, -0.05) is 24.3 Å². The molecule has 0 fully saturated rings. The summed E-state index contributed by atoms with van der Waals surface area (Å²) < 4.78 is 38.5. The molecule has 1 aromatic heterocycles. The first kappa shape index (κ1) is 13.8. The molecule has 1 heterocycles. The summed E-state index contributed by atoms with van der Waals surface area (Å²) in [4.78, 5) is 12.7. The van der Waals surface area contributed by atoms with E-state index in [1.807, 2.05) is 12.1 Å². The van der Waals surface area contributed by atoms with Crippen molar-refractivity contribution in [2.24, 2.45) is 0 Å². The fourth-order valence-electron chi connectivity index (χ4n) is 2.07. The van der Waals surface area contributed by atoms with E-state index in [9.17, 15) is 18.0 Å². The van der Waals surface area contributed by atoms with Gasteiger partial charge in [-0.2, -0.15) is 13.2 Å². The number of benzene rings is 2. The van der Waals surface area contributed by atoms with Gasteiger partial charge in [-0.3, -0.25) is 4.79 Å². The van der Waals surface area contributed by atoms with Gasteiger partial charge in [0.1, 0.15) is 0 Å². The lowest BCUT2D eigenvalue weighted by Gasteiger charge is -2.07. The molecule has 106 valence electrons. The summed E-state index contributed by atoms with van der Waals surface area (Å²) in [5, 5.41) is 0.623. The molecule has 5 heteroatoms. The zero-order valence-corrected chi connectivity index (χ0v) is 11.5. The fourth-order valence-corrected chi connectivity index (χ4v) is 3.15. The number of hydrogen-bond donors (Lipinski definition) is 0. The lowest BCUT2D eigenvalue weighted by molar-refractivity contribution is -0.137. The predicted octanol–water partition coefficient (Wildman–Crippen LogP) is 4.95. The van der Waals surface area contributed by atoms with Crippen molar-refractivity contribution in [2.75, 3.05) is 0 Å². The molecule has 0 saturated heterocycles. The normalized spacial score (nSPS) is 11.8. The third-order valence-electron chi connectivity index (χ3n) is 3.13. The second-order valence-corrected chi connectivity index (χ2v) is 5.63. The van der Waals surface area contributed by atoms with Crippen LogP contribution in [0, 0.1) is 0 Å². The molecule has 0 atom stereocenters. The Morgan fingerprint density at radius 1 is 0.905 bits per heavy atom. The molecule has 3 rings (SSSR count). The van der Waals surface area contributed by atoms with E-state index in [0.29, 0.717) is 15.8 Å². The van der Waals surface area contributed by atoms with Gasteiger partial charge in [0.25, 0.3) is 0 Å². The summed E-state index contributed by atoms with van der Waals surface area (Å²) in [6.07, 6.45) is -4.35. The van der Waals surface area contributed by atoms with E-state index in [-0.39, 0.29) is 5.43 Å². The average molecular weight is 306 g/mol. The van der Waals surface area contributed by atoms with Gasteiger partial charge in [0.05, 0.1) is 5.56 Å². The van der Waals surface area contributed by atoms with Crippen molar-refractivity contribution < 1.29 is 13.2 Å². The molecular weight excluding hydrogens is 297 g/mol. The third kappa shape index (κ3) is 2.69. The minimum absolute atomic E-state index is 0.126. The topological polar surface area (TPSA) is 17.1 Å². The van der Waals surface area contributed by atoms with Gasteiger partial charge in [0, 0.05) is 21.0 Å². The van der Waals surface area contributed by atoms with E-state index in [1.165, 1.54) is 29.5 Å². The van der Waals surface area contributed by atoms with Gasteiger partial charge < -0.3 is 0 Å². The highest BCUT2D eigenvalue weighted by Gasteiger charge is 2.29. The Labute approximate surface area is 122 Å². The minimum Gasteiger partial charge on any atom is -0.289 e. The summed E-state index contributed by atoms with van der Waals surface area (Å²) in [7, 11) is 0. The van der Waals surface area contributed by atoms with Crippen LogP contribution in [-0.2, 0) is 6.18 Å². The Morgan fingerprint density at radius 2 is 1.57 bits per heavy atom. The summed E-state index contributed by atoms with van der Waals surface area (Å²) >= 11 is 1.39. The number of halogens is 3. The maximum atomic E-state index is 12.5. The Balaban J connectivity index is 2.10. The smallest absolute Gasteiger partial charge is 0.289 e. The number of hydrogen-bond acceptors (Lipinski definition) is 2. The molecule has 3 aromatic rings. The number of rotatable bonds is 1. The van der Waals surface area contributed by atoms with Crippen LogP contribution >= 0.6 is 11.3 Å². The predicted molar refractivity (Wildman–Crippen MR) is 78.5 cm³/mol. The van der Waals surface area contributed by atoms with Crippen LogP contribution in [0.3, 0.4) is 0 Å². The van der Waals surface area contributed by atoms with E-state index in [0.717, 1.165) is 16.8 Å². The van der Waals surface area contributed by atoms with E-state index in [2.05, 4.69) is 0 Å². The van der Waals surface area contributed by atoms with Gasteiger partial charge in [-0.25, -0.2) is 0 Å². The average Bonchev–Trinajstić information content (AvgIpc) is 2.46. The Kier molecular flexibility index (Phi) is 3.29. The number of fused-ring (bicyclic) bond motifs is 1. The van der Waals surface area contributed by atoms with Gasteiger partial charge >= 0.3 is 6.18 Å². The molecule has 0 unspecified atom stereocenters. The molecule has 1 nitrogen and oxygen atoms in total. The molecule has 0 N–H and O–H groups in total. The van der Waals surface area contributed by atoms with Crippen molar-refractivity contribution in [1.29, 1.82) is 0 Å². The van der Waals surface area contributed by atoms with Gasteiger partial charge in [0.15, 0.2) is 5.43 Å². The van der Waals surface area contributed by atoms with Gasteiger partial charge in [-0.05, 0) is 29.8 Å². The molecule has 0 aliphatic heterocycles. The van der Waals surface area contributed by atoms with Crippen LogP contribution in [-0.4, -0.2) is 0 Å². The highest BCUT2D eigenvalue weighted by Crippen LogP contribution is 2.32. The maximum absolute atomic E-state index is 12.5. The largest absolute Gasteiger partial charge is 0.416 e. The highest BCUT2D eigenvalue weighted by molar-refractivity contribution is 7.21. The molecule has 0 aliphatic carbocycles. The van der Waals surface area contributed by atoms with Crippen molar-refractivity contribution in [3.05, 3.63) is 70.4 Å². The standard InChI is InChI=1S/C16H9F3OS/c17-16(18,19)11-7-5-10(6-8-11)15-9-13(20)12-3-1-2-4-14(12)21-15/h1-9H. The van der Waals surface area contributed by atoms with Crippen LogP contribution in [0.2, 0.25) is 0 Å². The van der Waals surface area contributed by atoms with Crippen LogP contribution in [0.4, 0.5) is 13.2 Å². The van der Waals surface area contributed by atoms with Crippen LogP contribution in [0.25, 0.3) is 20.5 Å². The molecule has 0 amide bonds. The zero-order chi connectivity index (χ0) is 15.0. The van der Waals surface area contributed by atoms with Crippen LogP contribution < -0.4 is 5.43 Å². The van der Waals surface area contributed by atoms with Crippen molar-refractivity contribution in [3.8, 4) is 10.4 Å². The van der Waals surface area contributed by atoms with E-state index in [1.54, 1.807) is 12.1 Å². The first-order valence-electron chi connectivity index (χ1n) is 6.16. The molecule has 0 spiro atoms. The number of alkyl halides is 3. The van der Waals surface area contributed by atoms with Crippen molar-refractivity contribution >= 4 is 21.4 Å². The molecular formula is C16H9F3OS. The van der Waals surface area contributed by atoms with Crippen molar-refractivity contribution in [3.63, 3.8) is 0 Å². The highest BCUT2D eigenvalue weighted by atomic mass is 32.1. The van der Waals surface area contributed by atoms with Crippen LogP contribution in [0.1, 0.15) is 5.56 Å². The Bertz CT molecular complexity index is 848. The summed E-state index contributed by atoms with van der Waals surface area (Å²) in [5.74, 6) is 0. The molecule has 0 saturated carbocycles. The maximum Gasteiger partial charge on any atom is 0.416 e. The van der Waals surface area contributed by atoms with Gasteiger partial charge in [0.2, 0.25) is 0 Å². The first-order valence-corrected chi connectivity index (χ1v) is 6.97. The summed E-state index contributed by atoms with van der Waals surface area (Å²) in [6, 6.07) is 13.5. The first-order chi connectivity index (χ1) is 9.95. The summed E-state index contributed by atoms with van der Waals surface area (Å²) in [6.45, 7) is 0. The van der Waals surface area contributed by atoms with Gasteiger partial charge in [-0.15, -0.1) is 11.3 Å². The molecule has 0 aliphatic rings. The fraction of sp³-hybridized carbons (Fsp3) is 0.0625. The van der Waals surface area contributed by atoms with E-state index in [4.69, 9.17) is 0 Å². The van der Waals surface area contributed by atoms with E-state index < -0.39 is 11.7 Å². The summed E-state index contributed by atoms with van der Waals surface area (Å²) in [5.41, 5.74) is -0.213. The quantitative estimate of drug-likeness (QED) is 0.622. The Morgan fingerprint density at radius 3 is 2.24 bits per heavy atom. The van der Waals surface area contributed by atoms with Crippen LogP contribution in [0.5, 0.6) is 0 Å². The molecule has 21 heavy (non-hydrogen) atoms. The zero-order valence-electron chi connectivity index (χ0n) is 10.6. The SMILES string of the molecule is O=c1cc(-c2ccc(C(F)(F)F)cc2)sc2ccccc12. The lowest BCUT2D eigenvalue weighted by Crippen LogP contribution is -2.04. The van der Waals surface area contributed by atoms with Crippen LogP contribution in [0.15, 0.2) is 59.4 Å². The molecule has 0 radical (unpaired) electrons. The minimum atomic E-state index is -4.35. The molecule has 2 aromatic carbocycles.